The van der Waals surface area contributed by atoms with Gasteiger partial charge in [0.1, 0.15) is 11.4 Å². The molecule has 4 atom stereocenters. The maximum Gasteiger partial charge on any atom is 0.347 e. The zero-order valence-corrected chi connectivity index (χ0v) is 33.3. The fourth-order valence-electron chi connectivity index (χ4n) is 9.59. The van der Waals surface area contributed by atoms with Crippen molar-refractivity contribution >= 4 is 40.1 Å². The molecule has 0 bridgehead atoms. The van der Waals surface area contributed by atoms with Gasteiger partial charge in [-0.15, -0.1) is 0 Å². The molecule has 0 spiro atoms. The summed E-state index contributed by atoms with van der Waals surface area (Å²) in [6.07, 6.45) is 1.79. The molecule has 4 aromatic carbocycles. The van der Waals surface area contributed by atoms with E-state index in [1.54, 1.807) is 68.6 Å². The molecule has 3 aliphatic rings. The van der Waals surface area contributed by atoms with Crippen LogP contribution in [0.5, 0.6) is 17.2 Å². The van der Waals surface area contributed by atoms with E-state index < -0.39 is 52.0 Å². The first-order valence-electron chi connectivity index (χ1n) is 19.1. The number of amides is 2. The minimum absolute atomic E-state index is 0.00707. The molecule has 1 saturated carbocycles. The summed E-state index contributed by atoms with van der Waals surface area (Å²) in [5.41, 5.74) is 0.397. The number of aromatic nitrogens is 5. The monoisotopic (exact) mass is 814 g/mol. The topological polar surface area (TPSA) is 160 Å². The molecule has 2 amide bonds. The molecule has 59 heavy (non-hydrogen) atoms. The number of nitrogens with zero attached hydrogens (tertiary/aromatic N) is 6. The second-order valence-electron chi connectivity index (χ2n) is 15.2. The highest BCUT2D eigenvalue weighted by Gasteiger charge is 2.69. The maximum absolute atomic E-state index is 15.4. The Morgan fingerprint density at radius 1 is 0.898 bits per heavy atom. The maximum atomic E-state index is 15.4. The van der Waals surface area contributed by atoms with Crippen LogP contribution in [-0.2, 0) is 41.6 Å². The molecule has 15 heteroatoms. The van der Waals surface area contributed by atoms with E-state index in [2.05, 4.69) is 4.98 Å². The van der Waals surface area contributed by atoms with E-state index in [4.69, 9.17) is 21.1 Å². The average molecular weight is 815 g/mol. The second-order valence-corrected chi connectivity index (χ2v) is 15.6. The number of carbonyl (C=O) groups excluding carboxylic acids is 2. The number of anilines is 1. The molecule has 1 N–H and O–H groups in total. The number of aryl methyl sites for hydroxylation is 3. The Balaban J connectivity index is 1.19. The van der Waals surface area contributed by atoms with E-state index in [-0.39, 0.29) is 37.4 Å². The Kier molecular flexibility index (Phi) is 9.00. The molecule has 0 unspecified atom stereocenters. The summed E-state index contributed by atoms with van der Waals surface area (Å²) in [4.78, 5) is 78.5. The summed E-state index contributed by atoms with van der Waals surface area (Å²) in [7, 11) is 4.60. The van der Waals surface area contributed by atoms with E-state index in [9.17, 15) is 24.3 Å². The van der Waals surface area contributed by atoms with Crippen LogP contribution in [-0.4, -0.2) is 54.6 Å². The number of phenolic OH excluding ortho intramolecular Hbond substituents is 1. The number of allylic oxidation sites excluding steroid dienone is 2. The van der Waals surface area contributed by atoms with Crippen LogP contribution in [0.1, 0.15) is 40.8 Å². The lowest BCUT2D eigenvalue weighted by Crippen LogP contribution is -2.53. The van der Waals surface area contributed by atoms with E-state index in [0.717, 1.165) is 4.57 Å². The smallest absolute Gasteiger partial charge is 0.347 e. The fraction of sp³-hybridized carbons (Fsp3) is 0.273. The van der Waals surface area contributed by atoms with Gasteiger partial charge in [-0.25, -0.2) is 33.4 Å². The zero-order valence-electron chi connectivity index (χ0n) is 32.6. The first-order valence-corrected chi connectivity index (χ1v) is 19.5. The molecular formula is C44H39ClN6O8. The van der Waals surface area contributed by atoms with Gasteiger partial charge in [0.05, 0.1) is 54.9 Å². The van der Waals surface area contributed by atoms with E-state index in [1.165, 1.54) is 33.1 Å². The second kappa shape index (κ2) is 14.0. The molecule has 2 aliphatic heterocycles. The van der Waals surface area contributed by atoms with E-state index in [0.29, 0.717) is 55.5 Å². The minimum Gasteiger partial charge on any atom is -0.507 e. The number of ether oxygens (including phenoxy) is 2. The fourth-order valence-corrected chi connectivity index (χ4v) is 9.78. The Bertz CT molecular complexity index is 2970. The number of methoxy groups -OCH3 is 2. The first kappa shape index (κ1) is 37.9. The summed E-state index contributed by atoms with van der Waals surface area (Å²) >= 11 is 6.41. The standard InChI is InChI=1S/C44H39ClN6O8/c1-24-10-8-15-29(38(24)52)37-28-16-19-49-42(56)48(18-17-31-40(54)47(2)34-23-36(59-4)35(58-3)22-32(34)46-31)43(57)51(49)33(28)21-30-39(53)50(27-14-9-13-26(45)20-27)41(55)44(30,37)25-11-6-5-7-12-25/h5-16,20,22-23,30,33,37,52H,17-19,21H2,1-4H3/t30-,33+,37+,44+/m0/s1. The number of imide groups is 1. The quantitative estimate of drug-likeness (QED) is 0.169. The third kappa shape index (κ3) is 5.45. The van der Waals surface area contributed by atoms with Crippen molar-refractivity contribution in [3.05, 3.63) is 155 Å². The Labute approximate surface area is 341 Å². The minimum atomic E-state index is -1.56. The van der Waals surface area contributed by atoms with Crippen LogP contribution in [0.15, 0.2) is 111 Å². The van der Waals surface area contributed by atoms with E-state index >= 15 is 4.79 Å². The largest absolute Gasteiger partial charge is 0.507 e. The number of halogens is 1. The van der Waals surface area contributed by atoms with Gasteiger partial charge < -0.3 is 19.1 Å². The van der Waals surface area contributed by atoms with Crippen molar-refractivity contribution in [2.45, 2.75) is 50.2 Å². The van der Waals surface area contributed by atoms with Gasteiger partial charge in [0.25, 0.3) is 5.56 Å². The highest BCUT2D eigenvalue weighted by molar-refractivity contribution is 6.32. The van der Waals surface area contributed by atoms with Gasteiger partial charge in [-0.05, 0) is 48.2 Å². The van der Waals surface area contributed by atoms with Crippen molar-refractivity contribution in [2.75, 3.05) is 19.1 Å². The number of hydrogen-bond donors (Lipinski definition) is 1. The molecular weight excluding hydrogens is 776 g/mol. The lowest BCUT2D eigenvalue weighted by Gasteiger charge is -2.49. The third-order valence-corrected chi connectivity index (χ3v) is 12.5. The van der Waals surface area contributed by atoms with Gasteiger partial charge in [0.2, 0.25) is 11.8 Å². The van der Waals surface area contributed by atoms with Crippen LogP contribution in [0.3, 0.4) is 0 Å². The van der Waals surface area contributed by atoms with Crippen molar-refractivity contribution in [1.29, 1.82) is 0 Å². The SMILES string of the molecule is COc1cc2nc(CCn3c(=O)n4n(c3=O)[C@@H]3C[C@H]5C(=O)N(c6cccc(Cl)c6)C(=O)[C@@]5(c5ccccc5)[C@@H](c5cccc(C)c5O)C3=CC4)c(=O)n(C)c2cc1OC. The number of rotatable bonds is 8. The molecule has 1 aliphatic carbocycles. The van der Waals surface area contributed by atoms with Crippen LogP contribution in [0.4, 0.5) is 5.69 Å². The number of benzene rings is 4. The summed E-state index contributed by atoms with van der Waals surface area (Å²) in [5.74, 6) is -2.14. The number of para-hydroxylation sites is 1. The lowest BCUT2D eigenvalue weighted by molar-refractivity contribution is -0.124. The lowest BCUT2D eigenvalue weighted by atomic mass is 9.53. The van der Waals surface area contributed by atoms with Crippen molar-refractivity contribution in [1.82, 2.24) is 23.5 Å². The van der Waals surface area contributed by atoms with Gasteiger partial charge in [0.15, 0.2) is 11.5 Å². The molecule has 0 radical (unpaired) electrons. The number of carbonyl (C=O) groups is 2. The highest BCUT2D eigenvalue weighted by atomic mass is 35.5. The summed E-state index contributed by atoms with van der Waals surface area (Å²) in [6, 6.07) is 23.4. The summed E-state index contributed by atoms with van der Waals surface area (Å²) in [6.45, 7) is 1.57. The van der Waals surface area contributed by atoms with Gasteiger partial charge >= 0.3 is 11.4 Å². The van der Waals surface area contributed by atoms with Gasteiger partial charge in [-0.2, -0.15) is 0 Å². The zero-order chi connectivity index (χ0) is 41.5. The number of phenols is 1. The Hall–Kier alpha value is -6.67. The molecule has 2 fully saturated rings. The number of fused-ring (bicyclic) bond motifs is 5. The van der Waals surface area contributed by atoms with Crippen molar-refractivity contribution in [2.24, 2.45) is 13.0 Å². The van der Waals surface area contributed by atoms with Crippen LogP contribution in [0, 0.1) is 12.8 Å². The summed E-state index contributed by atoms with van der Waals surface area (Å²) in [5, 5.41) is 12.1. The third-order valence-electron chi connectivity index (χ3n) is 12.3. The molecule has 2 aromatic heterocycles. The van der Waals surface area contributed by atoms with Crippen LogP contribution in [0.25, 0.3) is 11.0 Å². The Morgan fingerprint density at radius 2 is 1.63 bits per heavy atom. The molecule has 9 rings (SSSR count). The molecule has 4 heterocycles. The molecule has 300 valence electrons. The van der Waals surface area contributed by atoms with Gasteiger partial charge in [-0.3, -0.25) is 14.4 Å². The Morgan fingerprint density at radius 3 is 2.36 bits per heavy atom. The van der Waals surface area contributed by atoms with Gasteiger partial charge in [-0.1, -0.05) is 72.3 Å². The van der Waals surface area contributed by atoms with Gasteiger partial charge in [0, 0.05) is 48.6 Å². The summed E-state index contributed by atoms with van der Waals surface area (Å²) < 4.78 is 16.1. The average Bonchev–Trinajstić information content (AvgIpc) is 3.62. The van der Waals surface area contributed by atoms with Crippen LogP contribution >= 0.6 is 11.6 Å². The molecule has 6 aromatic rings. The van der Waals surface area contributed by atoms with Crippen molar-refractivity contribution in [3.63, 3.8) is 0 Å². The van der Waals surface area contributed by atoms with Crippen LogP contribution < -0.4 is 31.3 Å². The molecule has 14 nitrogen and oxygen atoms in total. The highest BCUT2D eigenvalue weighted by Crippen LogP contribution is 2.63. The van der Waals surface area contributed by atoms with Crippen LogP contribution in [0.2, 0.25) is 5.02 Å². The molecule has 1 saturated heterocycles. The predicted octanol–water partition coefficient (Wildman–Crippen LogP) is 4.78. The normalized spacial score (nSPS) is 20.9. The predicted molar refractivity (Wildman–Crippen MR) is 220 cm³/mol. The first-order chi connectivity index (χ1) is 28.4. The number of aromatic hydroxyl groups is 1. The van der Waals surface area contributed by atoms with Crippen molar-refractivity contribution in [3.8, 4) is 17.2 Å². The van der Waals surface area contributed by atoms with Crippen molar-refractivity contribution < 1.29 is 24.2 Å². The van der Waals surface area contributed by atoms with E-state index in [1.807, 2.05) is 36.4 Å². The number of hydrogen-bond acceptors (Lipinski definition) is 9.